The molecule has 0 saturated carbocycles. The van der Waals surface area contributed by atoms with Gasteiger partial charge < -0.3 is 14.2 Å². The molecule has 5 heteroatoms. The van der Waals surface area contributed by atoms with Crippen molar-refractivity contribution in [3.63, 3.8) is 0 Å². The zero-order chi connectivity index (χ0) is 17.1. The molecule has 1 rings (SSSR count). The average Bonchev–Trinajstić information content (AvgIpc) is 2.57. The molecule has 0 amide bonds. The highest BCUT2D eigenvalue weighted by Crippen LogP contribution is 2.33. The Hall–Kier alpha value is -2.74. The first kappa shape index (κ1) is 18.3. The Bertz CT molecular complexity index is 614. The predicted octanol–water partition coefficient (Wildman–Crippen LogP) is 3.51. The van der Waals surface area contributed by atoms with Crippen LogP contribution in [-0.2, 0) is 9.53 Å². The Morgan fingerprint density at radius 2 is 2.13 bits per heavy atom. The number of rotatable bonds is 9. The van der Waals surface area contributed by atoms with E-state index in [0.29, 0.717) is 30.3 Å². The minimum Gasteiger partial charge on any atom is -0.490 e. The van der Waals surface area contributed by atoms with Crippen molar-refractivity contribution in [2.24, 2.45) is 0 Å². The number of hydrogen-bond acceptors (Lipinski definition) is 5. The molecule has 0 aliphatic rings. The van der Waals surface area contributed by atoms with Crippen molar-refractivity contribution >= 4 is 12.0 Å². The van der Waals surface area contributed by atoms with Crippen molar-refractivity contribution < 1.29 is 19.0 Å². The number of carbonyl (C=O) groups excluding carboxylic acids is 1. The highest BCUT2D eigenvalue weighted by atomic mass is 16.5. The van der Waals surface area contributed by atoms with E-state index in [2.05, 4.69) is 6.58 Å². The van der Waals surface area contributed by atoms with Gasteiger partial charge in [-0.15, -0.1) is 0 Å². The fourth-order valence-corrected chi connectivity index (χ4v) is 1.78. The molecule has 0 aliphatic carbocycles. The number of esters is 1. The average molecular weight is 315 g/mol. The van der Waals surface area contributed by atoms with Crippen LogP contribution >= 0.6 is 0 Å². The van der Waals surface area contributed by atoms with Crippen molar-refractivity contribution in [3.05, 3.63) is 42.0 Å². The highest BCUT2D eigenvalue weighted by molar-refractivity contribution is 5.98. The molecule has 0 radical (unpaired) electrons. The summed E-state index contributed by atoms with van der Waals surface area (Å²) < 4.78 is 16.2. The first-order chi connectivity index (χ1) is 11.2. The Morgan fingerprint density at radius 3 is 2.74 bits per heavy atom. The first-order valence-corrected chi connectivity index (χ1v) is 7.46. The number of nitrogens with zero attached hydrogens (tertiary/aromatic N) is 1. The third-order valence-corrected chi connectivity index (χ3v) is 2.73. The van der Waals surface area contributed by atoms with E-state index >= 15 is 0 Å². The number of para-hydroxylation sites is 1. The van der Waals surface area contributed by atoms with Crippen LogP contribution in [0.15, 0.2) is 36.4 Å². The van der Waals surface area contributed by atoms with Crippen molar-refractivity contribution in [1.29, 1.82) is 5.26 Å². The van der Waals surface area contributed by atoms with Crippen LogP contribution in [0.2, 0.25) is 0 Å². The monoisotopic (exact) mass is 315 g/mol. The summed E-state index contributed by atoms with van der Waals surface area (Å²) in [4.78, 5) is 11.8. The van der Waals surface area contributed by atoms with Gasteiger partial charge in [-0.2, -0.15) is 5.26 Å². The molecular formula is C18H21NO4. The fourth-order valence-electron chi connectivity index (χ4n) is 1.78. The van der Waals surface area contributed by atoms with E-state index in [-0.39, 0.29) is 12.2 Å². The molecule has 0 unspecified atom stereocenters. The summed E-state index contributed by atoms with van der Waals surface area (Å²) in [6.45, 7) is 8.38. The highest BCUT2D eigenvalue weighted by Gasteiger charge is 2.14. The second-order valence-electron chi connectivity index (χ2n) is 4.51. The maximum Gasteiger partial charge on any atom is 0.349 e. The van der Waals surface area contributed by atoms with Gasteiger partial charge >= 0.3 is 5.97 Å². The van der Waals surface area contributed by atoms with Crippen LogP contribution in [0.4, 0.5) is 0 Å². The quantitative estimate of drug-likeness (QED) is 0.302. The van der Waals surface area contributed by atoms with Gasteiger partial charge in [-0.25, -0.2) is 4.79 Å². The van der Waals surface area contributed by atoms with E-state index in [1.165, 1.54) is 12.2 Å². The van der Waals surface area contributed by atoms with Crippen molar-refractivity contribution in [2.45, 2.75) is 20.3 Å². The molecule has 0 bridgehead atoms. The van der Waals surface area contributed by atoms with Crippen LogP contribution < -0.4 is 9.47 Å². The number of hydrogen-bond donors (Lipinski definition) is 0. The van der Waals surface area contributed by atoms with E-state index < -0.39 is 5.97 Å². The van der Waals surface area contributed by atoms with Crippen LogP contribution in [0.5, 0.6) is 11.5 Å². The molecule has 0 heterocycles. The molecule has 0 aliphatic heterocycles. The van der Waals surface area contributed by atoms with E-state index in [9.17, 15) is 10.1 Å². The molecule has 0 N–H and O–H groups in total. The van der Waals surface area contributed by atoms with Crippen molar-refractivity contribution in [2.75, 3.05) is 19.8 Å². The molecule has 0 spiro atoms. The van der Waals surface area contributed by atoms with E-state index in [4.69, 9.17) is 14.2 Å². The van der Waals surface area contributed by atoms with Crippen LogP contribution in [-0.4, -0.2) is 25.8 Å². The van der Waals surface area contributed by atoms with Gasteiger partial charge in [0.05, 0.1) is 13.2 Å². The molecule has 0 atom stereocenters. The maximum absolute atomic E-state index is 11.8. The van der Waals surface area contributed by atoms with Crippen LogP contribution in [0.25, 0.3) is 6.08 Å². The lowest BCUT2D eigenvalue weighted by molar-refractivity contribution is -0.137. The molecule has 0 fully saturated rings. The van der Waals surface area contributed by atoms with Crippen molar-refractivity contribution in [3.8, 4) is 17.6 Å². The Morgan fingerprint density at radius 1 is 1.35 bits per heavy atom. The van der Waals surface area contributed by atoms with Gasteiger partial charge in [-0.1, -0.05) is 31.7 Å². The van der Waals surface area contributed by atoms with Crippen molar-refractivity contribution in [1.82, 2.24) is 0 Å². The molecule has 0 saturated heterocycles. The summed E-state index contributed by atoms with van der Waals surface area (Å²) in [7, 11) is 0. The summed E-state index contributed by atoms with van der Waals surface area (Å²) in [5.41, 5.74) is 0.485. The number of benzene rings is 1. The third-order valence-electron chi connectivity index (χ3n) is 2.73. The zero-order valence-electron chi connectivity index (χ0n) is 13.5. The summed E-state index contributed by atoms with van der Waals surface area (Å²) in [6, 6.07) is 7.17. The van der Waals surface area contributed by atoms with Gasteiger partial charge in [0.25, 0.3) is 0 Å². The lowest BCUT2D eigenvalue weighted by Crippen LogP contribution is -2.07. The number of carbonyl (C=O) groups is 1. The molecule has 0 aromatic heterocycles. The lowest BCUT2D eigenvalue weighted by Gasteiger charge is -2.14. The second kappa shape index (κ2) is 10.1. The van der Waals surface area contributed by atoms with E-state index in [0.717, 1.165) is 6.42 Å². The van der Waals surface area contributed by atoms with Gasteiger partial charge in [0.2, 0.25) is 0 Å². The first-order valence-electron chi connectivity index (χ1n) is 7.46. The summed E-state index contributed by atoms with van der Waals surface area (Å²) in [6.07, 6.45) is 3.72. The van der Waals surface area contributed by atoms with Gasteiger partial charge in [-0.3, -0.25) is 0 Å². The SMILES string of the molecule is C=CCOC(=O)C(C#N)=Cc1cccc(OCC)c1OCCC. The summed E-state index contributed by atoms with van der Waals surface area (Å²) in [5.74, 6) is 0.391. The number of ether oxygens (including phenoxy) is 3. The van der Waals surface area contributed by atoms with Gasteiger partial charge in [0.15, 0.2) is 11.5 Å². The normalized spacial score (nSPS) is 10.6. The molecular weight excluding hydrogens is 294 g/mol. The second-order valence-corrected chi connectivity index (χ2v) is 4.51. The van der Waals surface area contributed by atoms with E-state index in [1.54, 1.807) is 18.2 Å². The van der Waals surface area contributed by atoms with Gasteiger partial charge in [-0.05, 0) is 25.5 Å². The smallest absolute Gasteiger partial charge is 0.349 e. The maximum atomic E-state index is 11.8. The zero-order valence-corrected chi connectivity index (χ0v) is 13.5. The van der Waals surface area contributed by atoms with E-state index in [1.807, 2.05) is 19.9 Å². The fraction of sp³-hybridized carbons (Fsp3) is 0.333. The standard InChI is InChI=1S/C18H21NO4/c1-4-10-22-17-14(8-7-9-16(17)21-6-3)12-15(13-19)18(20)23-11-5-2/h5,7-9,12H,2,4,6,10-11H2,1,3H3. The van der Waals surface area contributed by atoms with Crippen LogP contribution in [0.3, 0.4) is 0 Å². The molecule has 1 aromatic carbocycles. The van der Waals surface area contributed by atoms with Gasteiger partial charge in [0.1, 0.15) is 18.2 Å². The minimum atomic E-state index is -0.698. The number of nitriles is 1. The molecule has 122 valence electrons. The predicted molar refractivity (Wildman–Crippen MR) is 88.1 cm³/mol. The largest absolute Gasteiger partial charge is 0.490 e. The Kier molecular flexibility index (Phi) is 8.01. The minimum absolute atomic E-state index is 0.0516. The molecule has 23 heavy (non-hydrogen) atoms. The Balaban J connectivity index is 3.20. The van der Waals surface area contributed by atoms with Crippen LogP contribution in [0, 0.1) is 11.3 Å². The van der Waals surface area contributed by atoms with Gasteiger partial charge in [0, 0.05) is 5.56 Å². The summed E-state index contributed by atoms with van der Waals surface area (Å²) >= 11 is 0. The third kappa shape index (κ3) is 5.51. The lowest BCUT2D eigenvalue weighted by atomic mass is 10.1. The molecule has 5 nitrogen and oxygen atoms in total. The van der Waals surface area contributed by atoms with Crippen LogP contribution in [0.1, 0.15) is 25.8 Å². The summed E-state index contributed by atoms with van der Waals surface area (Å²) in [5, 5.41) is 9.18. The molecule has 1 aromatic rings. The topological polar surface area (TPSA) is 68.6 Å². The Labute approximate surface area is 136 Å².